The first-order valence-electron chi connectivity index (χ1n) is 4.28. The Kier molecular flexibility index (Phi) is 4.82. The molecule has 0 aliphatic carbocycles. The second-order valence-electron chi connectivity index (χ2n) is 2.77. The molecule has 0 aromatic carbocycles. The average molecular weight is 187 g/mol. The molecule has 0 saturated heterocycles. The Bertz CT molecular complexity index is 172. The topological polar surface area (TPSA) is 12.9 Å². The Balaban J connectivity index is 2.04. The van der Waals surface area contributed by atoms with Gasteiger partial charge in [-0.1, -0.05) is 26.2 Å². The summed E-state index contributed by atoms with van der Waals surface area (Å²) in [6, 6.07) is 0. The monoisotopic (exact) mass is 187 g/mol. The van der Waals surface area contributed by atoms with E-state index in [-0.39, 0.29) is 0 Å². The molecule has 11 heavy (non-hydrogen) atoms. The van der Waals surface area contributed by atoms with Gasteiger partial charge < -0.3 is 0 Å². The van der Waals surface area contributed by atoms with Gasteiger partial charge in [-0.05, 0) is 28.7 Å². The number of hydrogen-bond acceptors (Lipinski definition) is 1. The Morgan fingerprint density at radius 3 is 3.00 bits per heavy atom. The molecule has 1 aromatic heterocycles. The van der Waals surface area contributed by atoms with Crippen LogP contribution in [0.15, 0.2) is 6.20 Å². The van der Waals surface area contributed by atoms with Crippen molar-refractivity contribution in [1.29, 1.82) is 0 Å². The summed E-state index contributed by atoms with van der Waals surface area (Å²) in [6.07, 6.45) is 8.86. The molecule has 0 aliphatic rings. The largest absolute Gasteiger partial charge is 0.244 e. The van der Waals surface area contributed by atoms with E-state index in [4.69, 9.17) is 0 Å². The number of unbranched alkanes of at least 4 members (excludes halogenated alkanes) is 3. The first-order valence-corrected chi connectivity index (χ1v) is 6.96. The van der Waals surface area contributed by atoms with E-state index >= 15 is 0 Å². The van der Waals surface area contributed by atoms with Gasteiger partial charge in [0.05, 0.1) is 0 Å². The molecular formula is C8H15NP2. The quantitative estimate of drug-likeness (QED) is 0.638. The molecule has 0 saturated carbocycles. The van der Waals surface area contributed by atoms with Gasteiger partial charge in [0.15, 0.2) is 0 Å². The van der Waals surface area contributed by atoms with Gasteiger partial charge >= 0.3 is 0 Å². The Hall–Kier alpha value is 0.140. The predicted octanol–water partition coefficient (Wildman–Crippen LogP) is 3.82. The molecule has 1 rings (SSSR count). The molecule has 3 heteroatoms. The van der Waals surface area contributed by atoms with Gasteiger partial charge in [0.25, 0.3) is 0 Å². The zero-order valence-electron chi connectivity index (χ0n) is 7.01. The zero-order chi connectivity index (χ0) is 7.94. The van der Waals surface area contributed by atoms with Gasteiger partial charge in [-0.3, -0.25) is 0 Å². The van der Waals surface area contributed by atoms with E-state index in [1.54, 1.807) is 5.30 Å². The maximum atomic E-state index is 4.22. The van der Waals surface area contributed by atoms with Crippen LogP contribution in [0.5, 0.6) is 0 Å². The molecule has 0 N–H and O–H groups in total. The second-order valence-corrected chi connectivity index (χ2v) is 5.30. The number of aromatic nitrogens is 1. The predicted molar refractivity (Wildman–Crippen MR) is 54.1 cm³/mol. The average Bonchev–Trinajstić information content (AvgIpc) is 2.50. The minimum absolute atomic E-state index is 0.806. The molecule has 1 unspecified atom stereocenters. The number of nitrogens with zero attached hydrogens (tertiary/aromatic N) is 1. The fourth-order valence-corrected chi connectivity index (χ4v) is 3.21. The van der Waals surface area contributed by atoms with E-state index in [0.29, 0.717) is 0 Å². The van der Waals surface area contributed by atoms with Crippen LogP contribution in [-0.2, 0) is 6.42 Å². The minimum atomic E-state index is 0.806. The molecule has 0 bridgehead atoms. The van der Waals surface area contributed by atoms with Crippen LogP contribution in [0.2, 0.25) is 0 Å². The molecule has 0 spiro atoms. The highest BCUT2D eigenvalue weighted by Crippen LogP contribution is 2.24. The standard InChI is InChI=1S/C8H15NP2/c1-2-3-4-5-6-8-7-9-11-10-8/h7,11H,2-6H2,1H3. The lowest BCUT2D eigenvalue weighted by Gasteiger charge is -1.95. The first-order chi connectivity index (χ1) is 5.43. The molecule has 0 radical (unpaired) electrons. The van der Waals surface area contributed by atoms with Gasteiger partial charge in [-0.15, -0.1) is 0 Å². The van der Waals surface area contributed by atoms with E-state index in [2.05, 4.69) is 17.9 Å². The van der Waals surface area contributed by atoms with Crippen molar-refractivity contribution in [1.82, 2.24) is 4.75 Å². The summed E-state index contributed by atoms with van der Waals surface area (Å²) in [6.45, 7) is 2.25. The van der Waals surface area contributed by atoms with Crippen LogP contribution < -0.4 is 0 Å². The van der Waals surface area contributed by atoms with Crippen LogP contribution in [-0.4, -0.2) is 4.75 Å². The fraction of sp³-hybridized carbons (Fsp3) is 0.750. The van der Waals surface area contributed by atoms with E-state index in [9.17, 15) is 0 Å². The van der Waals surface area contributed by atoms with Crippen molar-refractivity contribution >= 4 is 15.9 Å². The van der Waals surface area contributed by atoms with Crippen molar-refractivity contribution in [2.75, 3.05) is 0 Å². The van der Waals surface area contributed by atoms with E-state index in [1.165, 1.54) is 40.0 Å². The maximum Gasteiger partial charge on any atom is 0.0391 e. The van der Waals surface area contributed by atoms with Gasteiger partial charge in [-0.25, -0.2) is 4.75 Å². The van der Waals surface area contributed by atoms with Crippen LogP contribution in [0.3, 0.4) is 0 Å². The van der Waals surface area contributed by atoms with Gasteiger partial charge in [0.2, 0.25) is 0 Å². The van der Waals surface area contributed by atoms with Crippen molar-refractivity contribution in [3.8, 4) is 0 Å². The lowest BCUT2D eigenvalue weighted by molar-refractivity contribution is 0.670. The van der Waals surface area contributed by atoms with Crippen molar-refractivity contribution in [2.24, 2.45) is 0 Å². The molecule has 0 aliphatic heterocycles. The lowest BCUT2D eigenvalue weighted by Crippen LogP contribution is -1.80. The zero-order valence-corrected chi connectivity index (χ0v) is 8.90. The Morgan fingerprint density at radius 1 is 1.45 bits per heavy atom. The van der Waals surface area contributed by atoms with Gasteiger partial charge in [0, 0.05) is 11.5 Å². The van der Waals surface area contributed by atoms with Crippen LogP contribution in [0.4, 0.5) is 0 Å². The Morgan fingerprint density at radius 2 is 2.36 bits per heavy atom. The van der Waals surface area contributed by atoms with E-state index in [1.807, 2.05) is 0 Å². The van der Waals surface area contributed by atoms with Crippen molar-refractivity contribution in [3.05, 3.63) is 11.5 Å². The normalized spacial score (nSPS) is 11.7. The van der Waals surface area contributed by atoms with Crippen LogP contribution >= 0.6 is 15.9 Å². The number of hydrogen-bond donors (Lipinski definition) is 0. The van der Waals surface area contributed by atoms with Crippen molar-refractivity contribution < 1.29 is 0 Å². The van der Waals surface area contributed by atoms with Crippen LogP contribution in [0.1, 0.15) is 37.9 Å². The smallest absolute Gasteiger partial charge is 0.0391 e. The second kappa shape index (κ2) is 5.75. The minimum Gasteiger partial charge on any atom is -0.244 e. The summed E-state index contributed by atoms with van der Waals surface area (Å²) in [5, 5.41) is 1.56. The third kappa shape index (κ3) is 3.89. The summed E-state index contributed by atoms with van der Waals surface area (Å²) in [7, 11) is 2.28. The summed E-state index contributed by atoms with van der Waals surface area (Å²) in [4.78, 5) is 0. The number of aryl methyl sites for hydroxylation is 1. The first kappa shape index (κ1) is 9.23. The molecule has 0 fully saturated rings. The van der Waals surface area contributed by atoms with Crippen molar-refractivity contribution in [2.45, 2.75) is 39.0 Å². The molecule has 0 amide bonds. The summed E-state index contributed by atoms with van der Waals surface area (Å²) in [5.74, 6) is 0. The molecule has 1 heterocycles. The highest BCUT2D eigenvalue weighted by Gasteiger charge is 1.93. The molecule has 1 nitrogen and oxygen atoms in total. The maximum absolute atomic E-state index is 4.22. The van der Waals surface area contributed by atoms with Gasteiger partial charge in [-0.2, -0.15) is 0 Å². The highest BCUT2D eigenvalue weighted by molar-refractivity contribution is 7.88. The Labute approximate surface area is 71.8 Å². The molecule has 1 aromatic rings. The summed E-state index contributed by atoms with van der Waals surface area (Å²) < 4.78 is 4.22. The lowest BCUT2D eigenvalue weighted by atomic mass is 10.1. The SMILES string of the molecule is CCCCCCc1cn[pH]p1. The third-order valence-electron chi connectivity index (χ3n) is 1.75. The highest BCUT2D eigenvalue weighted by atomic mass is 31.8. The summed E-state index contributed by atoms with van der Waals surface area (Å²) >= 11 is 0. The molecule has 1 atom stereocenters. The number of rotatable bonds is 5. The third-order valence-corrected chi connectivity index (χ3v) is 4.23. The van der Waals surface area contributed by atoms with Crippen LogP contribution in [0, 0.1) is 0 Å². The van der Waals surface area contributed by atoms with E-state index < -0.39 is 0 Å². The van der Waals surface area contributed by atoms with E-state index in [0.717, 1.165) is 8.03 Å². The fourth-order valence-electron chi connectivity index (χ4n) is 1.08. The summed E-state index contributed by atoms with van der Waals surface area (Å²) in [5.41, 5.74) is 0. The van der Waals surface area contributed by atoms with Crippen LogP contribution in [0.25, 0.3) is 0 Å². The van der Waals surface area contributed by atoms with Crippen molar-refractivity contribution in [3.63, 3.8) is 0 Å². The molecule has 62 valence electrons. The van der Waals surface area contributed by atoms with Gasteiger partial charge in [0.1, 0.15) is 0 Å². The molecular weight excluding hydrogens is 172 g/mol.